The molecule has 0 heterocycles. The Morgan fingerprint density at radius 3 is 2.54 bits per heavy atom. The van der Waals surface area contributed by atoms with Gasteiger partial charge in [0, 0.05) is 18.8 Å². The number of fused-ring (bicyclic) bond motifs is 4. The minimum Gasteiger partial charge on any atom is -0.462 e. The van der Waals surface area contributed by atoms with Crippen LogP contribution in [0.4, 0.5) is 0 Å². The van der Waals surface area contributed by atoms with Gasteiger partial charge in [0.25, 0.3) is 0 Å². The number of hydrogen-bond donors (Lipinski definition) is 0. The van der Waals surface area contributed by atoms with Gasteiger partial charge in [-0.1, -0.05) is 18.6 Å². The van der Waals surface area contributed by atoms with Crippen LogP contribution in [0, 0.1) is 34.0 Å². The average Bonchev–Trinajstić information content (AvgIpc) is 3.12. The summed E-state index contributed by atoms with van der Waals surface area (Å²) in [5.74, 6) is 2.63. The van der Waals surface area contributed by atoms with Crippen molar-refractivity contribution < 1.29 is 14.3 Å². The second kappa shape index (κ2) is 5.23. The van der Waals surface area contributed by atoms with E-state index in [4.69, 9.17) is 4.74 Å². The number of allylic oxidation sites excluding steroid dienone is 1. The van der Waals surface area contributed by atoms with Gasteiger partial charge >= 0.3 is 5.97 Å². The Morgan fingerprint density at radius 1 is 1.08 bits per heavy atom. The number of hydrogen-bond acceptors (Lipinski definition) is 3. The van der Waals surface area contributed by atoms with Gasteiger partial charge in [-0.3, -0.25) is 9.59 Å². The van der Waals surface area contributed by atoms with E-state index in [1.54, 1.807) is 5.57 Å². The summed E-state index contributed by atoms with van der Waals surface area (Å²) in [7, 11) is 0. The molecule has 0 bridgehead atoms. The third kappa shape index (κ3) is 1.95. The van der Waals surface area contributed by atoms with Gasteiger partial charge in [0.15, 0.2) is 0 Å². The van der Waals surface area contributed by atoms with Crippen LogP contribution in [0.15, 0.2) is 11.6 Å². The zero-order valence-corrected chi connectivity index (χ0v) is 16.5. The van der Waals surface area contributed by atoms with E-state index in [2.05, 4.69) is 13.0 Å². The fourth-order valence-electron chi connectivity index (χ4n) is 8.37. The van der Waals surface area contributed by atoms with Crippen molar-refractivity contribution in [3.63, 3.8) is 0 Å². The first-order valence-corrected chi connectivity index (χ1v) is 10.7. The smallest absolute Gasteiger partial charge is 0.302 e. The molecule has 0 amide bonds. The van der Waals surface area contributed by atoms with Crippen LogP contribution in [0.5, 0.6) is 0 Å². The van der Waals surface area contributed by atoms with Gasteiger partial charge < -0.3 is 4.74 Å². The van der Waals surface area contributed by atoms with E-state index in [1.165, 1.54) is 39.0 Å². The molecule has 7 atom stereocenters. The van der Waals surface area contributed by atoms with Gasteiger partial charge in [-0.15, -0.1) is 0 Å². The molecule has 4 fully saturated rings. The lowest BCUT2D eigenvalue weighted by molar-refractivity contribution is -0.148. The Kier molecular flexibility index (Phi) is 3.42. The zero-order valence-electron chi connectivity index (χ0n) is 16.5. The molecule has 142 valence electrons. The minimum absolute atomic E-state index is 0.0700. The molecular formula is C23H32O3. The molecule has 0 N–H and O–H groups in total. The SMILES string of the molecule is CC(=O)O[C@H]1CC[C@@]2(C)C(=CC[C@H]3[C@@H]4CC[C@]5(C(C)=O)C[C@]45CC[C@@H]32)C1. The number of carbonyl (C=O) groups is 2. The molecule has 3 nitrogen and oxygen atoms in total. The van der Waals surface area contributed by atoms with Crippen LogP contribution in [0.25, 0.3) is 0 Å². The maximum Gasteiger partial charge on any atom is 0.302 e. The van der Waals surface area contributed by atoms with Crippen molar-refractivity contribution in [3.8, 4) is 0 Å². The van der Waals surface area contributed by atoms with E-state index in [0.717, 1.165) is 43.4 Å². The van der Waals surface area contributed by atoms with Crippen molar-refractivity contribution in [2.75, 3.05) is 0 Å². The molecule has 4 saturated carbocycles. The topological polar surface area (TPSA) is 43.4 Å². The largest absolute Gasteiger partial charge is 0.462 e. The van der Waals surface area contributed by atoms with Crippen molar-refractivity contribution >= 4 is 11.8 Å². The molecule has 1 spiro atoms. The number of rotatable bonds is 2. The average molecular weight is 357 g/mol. The van der Waals surface area contributed by atoms with E-state index in [0.29, 0.717) is 11.2 Å². The summed E-state index contributed by atoms with van der Waals surface area (Å²) in [6.45, 7) is 5.86. The van der Waals surface area contributed by atoms with Crippen LogP contribution in [0.2, 0.25) is 0 Å². The molecule has 5 rings (SSSR count). The Labute approximate surface area is 156 Å². The number of ether oxygens (including phenoxy) is 1. The Bertz CT molecular complexity index is 708. The molecule has 0 aromatic carbocycles. The molecule has 0 aliphatic heterocycles. The molecule has 0 radical (unpaired) electrons. The van der Waals surface area contributed by atoms with Crippen LogP contribution in [0.3, 0.4) is 0 Å². The van der Waals surface area contributed by atoms with Gasteiger partial charge in [0.05, 0.1) is 0 Å². The molecule has 5 aliphatic carbocycles. The lowest BCUT2D eigenvalue weighted by atomic mass is 9.49. The van der Waals surface area contributed by atoms with E-state index in [-0.39, 0.29) is 22.9 Å². The van der Waals surface area contributed by atoms with Crippen molar-refractivity contribution in [2.24, 2.45) is 34.0 Å². The van der Waals surface area contributed by atoms with Crippen LogP contribution < -0.4 is 0 Å². The molecule has 0 aromatic heterocycles. The maximum absolute atomic E-state index is 12.4. The van der Waals surface area contributed by atoms with Gasteiger partial charge in [-0.05, 0) is 86.9 Å². The van der Waals surface area contributed by atoms with Crippen LogP contribution >= 0.6 is 0 Å². The highest BCUT2D eigenvalue weighted by atomic mass is 16.5. The fourth-order valence-corrected chi connectivity index (χ4v) is 8.37. The van der Waals surface area contributed by atoms with Crippen molar-refractivity contribution in [2.45, 2.75) is 84.7 Å². The Balaban J connectivity index is 1.41. The van der Waals surface area contributed by atoms with Gasteiger partial charge in [-0.2, -0.15) is 0 Å². The Morgan fingerprint density at radius 2 is 1.85 bits per heavy atom. The highest BCUT2D eigenvalue weighted by Crippen LogP contribution is 2.82. The van der Waals surface area contributed by atoms with E-state index >= 15 is 0 Å². The van der Waals surface area contributed by atoms with Crippen molar-refractivity contribution in [3.05, 3.63) is 11.6 Å². The molecule has 3 heteroatoms. The first-order valence-electron chi connectivity index (χ1n) is 10.7. The molecular weight excluding hydrogens is 324 g/mol. The first kappa shape index (κ1) is 17.0. The van der Waals surface area contributed by atoms with Crippen LogP contribution in [0.1, 0.15) is 78.6 Å². The van der Waals surface area contributed by atoms with Crippen LogP contribution in [-0.4, -0.2) is 17.9 Å². The van der Waals surface area contributed by atoms with E-state index in [1.807, 2.05) is 6.92 Å². The Hall–Kier alpha value is -1.12. The summed E-state index contributed by atoms with van der Waals surface area (Å²) >= 11 is 0. The number of esters is 1. The van der Waals surface area contributed by atoms with Crippen molar-refractivity contribution in [1.82, 2.24) is 0 Å². The molecule has 5 aliphatic rings. The maximum atomic E-state index is 12.4. The monoisotopic (exact) mass is 356 g/mol. The zero-order chi connectivity index (χ0) is 18.3. The standard InChI is InChI=1S/C23H32O3/c1-14(24)22-10-8-20-18-5-4-16-12-17(26-15(2)25)6-9-21(16,3)19(18)7-11-23(20,22)13-22/h4,17-20H,5-13H2,1-3H3/t17-,18+,19-,20-,21-,22+,23+/m0/s1. The second-order valence-electron chi connectivity index (χ2n) is 10.3. The summed E-state index contributed by atoms with van der Waals surface area (Å²) in [6.07, 6.45) is 13.0. The summed E-state index contributed by atoms with van der Waals surface area (Å²) in [6, 6.07) is 0. The summed E-state index contributed by atoms with van der Waals surface area (Å²) < 4.78 is 5.54. The normalized spacial score (nSPS) is 51.3. The van der Waals surface area contributed by atoms with Crippen LogP contribution in [-0.2, 0) is 14.3 Å². The van der Waals surface area contributed by atoms with E-state index < -0.39 is 0 Å². The van der Waals surface area contributed by atoms with Gasteiger partial charge in [0.2, 0.25) is 0 Å². The number of carbonyl (C=O) groups excluding carboxylic acids is 2. The summed E-state index contributed by atoms with van der Waals surface area (Å²) in [4.78, 5) is 23.7. The van der Waals surface area contributed by atoms with Crippen molar-refractivity contribution in [1.29, 1.82) is 0 Å². The molecule has 0 unspecified atom stereocenters. The minimum atomic E-state index is -0.146. The molecule has 0 saturated heterocycles. The van der Waals surface area contributed by atoms with Gasteiger partial charge in [-0.25, -0.2) is 0 Å². The van der Waals surface area contributed by atoms with Gasteiger partial charge in [0.1, 0.15) is 11.9 Å². The summed E-state index contributed by atoms with van der Waals surface area (Å²) in [5, 5.41) is 0. The predicted molar refractivity (Wildman–Crippen MR) is 99.3 cm³/mol. The third-order valence-corrected chi connectivity index (χ3v) is 9.60. The lowest BCUT2D eigenvalue weighted by Crippen LogP contribution is -2.48. The molecule has 26 heavy (non-hydrogen) atoms. The summed E-state index contributed by atoms with van der Waals surface area (Å²) in [5.41, 5.74) is 2.29. The number of Topliss-reactive ketones (excluding diaryl/α,β-unsaturated/α-hetero) is 1. The molecule has 0 aromatic rings. The second-order valence-corrected chi connectivity index (χ2v) is 10.3. The highest BCUT2D eigenvalue weighted by molar-refractivity contribution is 5.87. The quantitative estimate of drug-likeness (QED) is 0.525. The predicted octanol–water partition coefficient (Wildman–Crippen LogP) is 4.84. The number of ketones is 1. The third-order valence-electron chi connectivity index (χ3n) is 9.60. The fraction of sp³-hybridized carbons (Fsp3) is 0.826. The first-order chi connectivity index (χ1) is 12.3. The highest BCUT2D eigenvalue weighted by Gasteiger charge is 2.78. The lowest BCUT2D eigenvalue weighted by Gasteiger charge is -2.56. The van der Waals surface area contributed by atoms with E-state index in [9.17, 15) is 9.59 Å².